The Bertz CT molecular complexity index is 419. The van der Waals surface area contributed by atoms with E-state index in [1.807, 2.05) is 0 Å². The smallest absolute Gasteiger partial charge is 0.339 e. The van der Waals surface area contributed by atoms with Crippen LogP contribution in [0.1, 0.15) is 10.4 Å². The van der Waals surface area contributed by atoms with Crippen molar-refractivity contribution in [3.8, 4) is 5.75 Å². The Kier molecular flexibility index (Phi) is 4.30. The maximum Gasteiger partial charge on any atom is 0.339 e. The van der Waals surface area contributed by atoms with Crippen LogP contribution in [0.3, 0.4) is 0 Å². The Labute approximate surface area is 101 Å². The lowest BCUT2D eigenvalue weighted by Gasteiger charge is -2.09. The van der Waals surface area contributed by atoms with E-state index in [4.69, 9.17) is 9.84 Å². The fourth-order valence-electron chi connectivity index (χ4n) is 1.03. The van der Waals surface area contributed by atoms with E-state index in [0.717, 1.165) is 0 Å². The largest absolute Gasteiger partial charge is 0.482 e. The number of amides is 1. The second-order valence-electron chi connectivity index (χ2n) is 2.88. The summed E-state index contributed by atoms with van der Waals surface area (Å²) in [7, 11) is 1.48. The predicted octanol–water partition coefficient (Wildman–Crippen LogP) is 1.27. The molecule has 0 aromatic heterocycles. The Hall–Kier alpha value is -1.56. The quantitative estimate of drug-likeness (QED) is 0.875. The van der Waals surface area contributed by atoms with Crippen molar-refractivity contribution in [2.45, 2.75) is 0 Å². The van der Waals surface area contributed by atoms with Gasteiger partial charge in [0.25, 0.3) is 5.91 Å². The normalized spacial score (nSPS) is 9.62. The number of benzene rings is 1. The van der Waals surface area contributed by atoms with E-state index < -0.39 is 5.97 Å². The van der Waals surface area contributed by atoms with Gasteiger partial charge in [-0.1, -0.05) is 6.07 Å². The number of carbonyl (C=O) groups is 2. The molecule has 0 heterocycles. The maximum absolute atomic E-state index is 11.0. The standard InChI is InChI=1S/C10H10BrNO4/c1-12-8(13)5-16-9-6(10(14)15)3-2-4-7(9)11/h2-4H,5H2,1H3,(H,12,13)(H,14,15). The molecule has 0 bridgehead atoms. The van der Waals surface area contributed by atoms with Crippen molar-refractivity contribution in [1.82, 2.24) is 5.32 Å². The summed E-state index contributed by atoms with van der Waals surface area (Å²) in [5.41, 5.74) is 0.0123. The highest BCUT2D eigenvalue weighted by molar-refractivity contribution is 9.10. The summed E-state index contributed by atoms with van der Waals surface area (Å²) in [4.78, 5) is 21.9. The summed E-state index contributed by atoms with van der Waals surface area (Å²) in [5.74, 6) is -1.28. The summed E-state index contributed by atoms with van der Waals surface area (Å²) >= 11 is 3.17. The molecule has 0 aliphatic heterocycles. The van der Waals surface area contributed by atoms with Crippen LogP contribution < -0.4 is 10.1 Å². The van der Waals surface area contributed by atoms with Crippen molar-refractivity contribution in [2.24, 2.45) is 0 Å². The molecule has 1 aromatic carbocycles. The van der Waals surface area contributed by atoms with Gasteiger partial charge < -0.3 is 15.2 Å². The van der Waals surface area contributed by atoms with Gasteiger partial charge in [0, 0.05) is 7.05 Å². The van der Waals surface area contributed by atoms with E-state index in [1.165, 1.54) is 13.1 Å². The molecule has 0 spiro atoms. The first-order valence-corrected chi connectivity index (χ1v) is 5.20. The van der Waals surface area contributed by atoms with Gasteiger partial charge >= 0.3 is 5.97 Å². The van der Waals surface area contributed by atoms with E-state index in [-0.39, 0.29) is 23.8 Å². The number of carboxylic acids is 1. The molecule has 0 radical (unpaired) electrons. The maximum atomic E-state index is 11.0. The van der Waals surface area contributed by atoms with Crippen molar-refractivity contribution in [3.05, 3.63) is 28.2 Å². The van der Waals surface area contributed by atoms with Gasteiger partial charge in [-0.15, -0.1) is 0 Å². The number of aromatic carboxylic acids is 1. The summed E-state index contributed by atoms with van der Waals surface area (Å²) < 4.78 is 5.64. The number of hydrogen-bond donors (Lipinski definition) is 2. The van der Waals surface area contributed by atoms with E-state index in [2.05, 4.69) is 21.2 Å². The lowest BCUT2D eigenvalue weighted by molar-refractivity contribution is -0.122. The molecule has 1 rings (SSSR count). The lowest BCUT2D eigenvalue weighted by atomic mass is 10.2. The molecule has 0 saturated heterocycles. The molecule has 0 aliphatic rings. The van der Waals surface area contributed by atoms with Gasteiger partial charge in [-0.2, -0.15) is 0 Å². The Morgan fingerprint density at radius 3 is 2.75 bits per heavy atom. The molecule has 1 aromatic rings. The number of nitrogens with one attached hydrogen (secondary N) is 1. The zero-order chi connectivity index (χ0) is 12.1. The third kappa shape index (κ3) is 2.96. The van der Waals surface area contributed by atoms with Gasteiger partial charge in [-0.3, -0.25) is 4.79 Å². The minimum absolute atomic E-state index is 0.0123. The Morgan fingerprint density at radius 1 is 1.50 bits per heavy atom. The summed E-state index contributed by atoms with van der Waals surface area (Å²) in [6.45, 7) is -0.223. The van der Waals surface area contributed by atoms with Crippen molar-refractivity contribution in [2.75, 3.05) is 13.7 Å². The second kappa shape index (κ2) is 5.50. The summed E-state index contributed by atoms with van der Waals surface area (Å²) in [5, 5.41) is 11.3. The zero-order valence-electron chi connectivity index (χ0n) is 8.49. The molecule has 0 atom stereocenters. The van der Waals surface area contributed by atoms with Crippen LogP contribution in [0, 0.1) is 0 Å². The third-order valence-corrected chi connectivity index (χ3v) is 2.45. The van der Waals surface area contributed by atoms with Crippen LogP contribution in [0.25, 0.3) is 0 Å². The van der Waals surface area contributed by atoms with Crippen molar-refractivity contribution in [3.63, 3.8) is 0 Å². The van der Waals surface area contributed by atoms with Crippen LogP contribution in [0.4, 0.5) is 0 Å². The monoisotopic (exact) mass is 287 g/mol. The highest BCUT2D eigenvalue weighted by Crippen LogP contribution is 2.28. The molecule has 0 unspecified atom stereocenters. The van der Waals surface area contributed by atoms with Crippen LogP contribution in [0.5, 0.6) is 5.75 Å². The first kappa shape index (κ1) is 12.5. The van der Waals surface area contributed by atoms with Crippen molar-refractivity contribution in [1.29, 1.82) is 0 Å². The van der Waals surface area contributed by atoms with Crippen LogP contribution in [-0.2, 0) is 4.79 Å². The predicted molar refractivity (Wildman–Crippen MR) is 60.7 cm³/mol. The topological polar surface area (TPSA) is 75.6 Å². The molecular weight excluding hydrogens is 278 g/mol. The van der Waals surface area contributed by atoms with Crippen LogP contribution in [-0.4, -0.2) is 30.6 Å². The molecule has 86 valence electrons. The summed E-state index contributed by atoms with van der Waals surface area (Å²) in [6.07, 6.45) is 0. The molecule has 0 aliphatic carbocycles. The molecule has 0 fully saturated rings. The van der Waals surface area contributed by atoms with Crippen LogP contribution in [0.2, 0.25) is 0 Å². The van der Waals surface area contributed by atoms with Gasteiger partial charge in [0.15, 0.2) is 6.61 Å². The van der Waals surface area contributed by atoms with Crippen molar-refractivity contribution >= 4 is 27.8 Å². The van der Waals surface area contributed by atoms with E-state index in [9.17, 15) is 9.59 Å². The number of halogens is 1. The first-order chi connectivity index (χ1) is 7.56. The second-order valence-corrected chi connectivity index (χ2v) is 3.74. The Balaban J connectivity index is 2.93. The van der Waals surface area contributed by atoms with Crippen molar-refractivity contribution < 1.29 is 19.4 Å². The number of ether oxygens (including phenoxy) is 1. The van der Waals surface area contributed by atoms with E-state index in [1.54, 1.807) is 12.1 Å². The molecule has 6 heteroatoms. The van der Waals surface area contributed by atoms with Gasteiger partial charge in [0.1, 0.15) is 11.3 Å². The number of hydrogen-bond acceptors (Lipinski definition) is 3. The van der Waals surface area contributed by atoms with Crippen LogP contribution in [0.15, 0.2) is 22.7 Å². The summed E-state index contributed by atoms with van der Waals surface area (Å²) in [6, 6.07) is 4.64. The van der Waals surface area contributed by atoms with E-state index in [0.29, 0.717) is 4.47 Å². The highest BCUT2D eigenvalue weighted by atomic mass is 79.9. The fourth-order valence-corrected chi connectivity index (χ4v) is 1.51. The van der Waals surface area contributed by atoms with Gasteiger partial charge in [-0.05, 0) is 28.1 Å². The molecule has 1 amide bonds. The molecule has 0 saturated carbocycles. The minimum Gasteiger partial charge on any atom is -0.482 e. The molecule has 2 N–H and O–H groups in total. The van der Waals surface area contributed by atoms with Crippen LogP contribution >= 0.6 is 15.9 Å². The molecular formula is C10H10BrNO4. The van der Waals surface area contributed by atoms with Gasteiger partial charge in [0.05, 0.1) is 4.47 Å². The number of carboxylic acid groups (broad SMARTS) is 1. The third-order valence-electron chi connectivity index (χ3n) is 1.82. The average Bonchev–Trinajstić information content (AvgIpc) is 2.26. The minimum atomic E-state index is -1.10. The van der Waals surface area contributed by atoms with E-state index >= 15 is 0 Å². The van der Waals surface area contributed by atoms with Gasteiger partial charge in [0.2, 0.25) is 0 Å². The number of rotatable bonds is 4. The Morgan fingerprint density at radius 2 is 2.19 bits per heavy atom. The fraction of sp³-hybridized carbons (Fsp3) is 0.200. The first-order valence-electron chi connectivity index (χ1n) is 4.41. The number of carbonyl (C=O) groups excluding carboxylic acids is 1. The molecule has 16 heavy (non-hydrogen) atoms. The molecule has 5 nitrogen and oxygen atoms in total. The average molecular weight is 288 g/mol. The number of likely N-dealkylation sites (N-methyl/N-ethyl adjacent to an activating group) is 1. The van der Waals surface area contributed by atoms with Gasteiger partial charge in [-0.25, -0.2) is 4.79 Å². The SMILES string of the molecule is CNC(=O)COc1c(Br)cccc1C(=O)O. The lowest BCUT2D eigenvalue weighted by Crippen LogP contribution is -2.25. The zero-order valence-corrected chi connectivity index (χ0v) is 10.1. The number of para-hydroxylation sites is 1. The highest BCUT2D eigenvalue weighted by Gasteiger charge is 2.14.